The first-order valence-electron chi connectivity index (χ1n) is 17.0. The van der Waals surface area contributed by atoms with E-state index in [-0.39, 0.29) is 48.4 Å². The molecule has 5 aliphatic rings. The first-order chi connectivity index (χ1) is 21.8. The van der Waals surface area contributed by atoms with Crippen LogP contribution in [0, 0.1) is 29.1 Å². The number of fused-ring (bicyclic) bond motifs is 5. The highest BCUT2D eigenvalue weighted by Gasteiger charge is 2.79. The van der Waals surface area contributed by atoms with Crippen LogP contribution in [0.3, 0.4) is 0 Å². The van der Waals surface area contributed by atoms with Crippen LogP contribution in [-0.2, 0) is 16.1 Å². The van der Waals surface area contributed by atoms with Crippen LogP contribution < -0.4 is 0 Å². The van der Waals surface area contributed by atoms with Crippen molar-refractivity contribution in [2.45, 2.75) is 108 Å². The summed E-state index contributed by atoms with van der Waals surface area (Å²) in [6.07, 6.45) is -2.60. The van der Waals surface area contributed by atoms with Crippen molar-refractivity contribution in [1.29, 1.82) is 0 Å². The molecule has 7 atom stereocenters. The number of rotatable bonds is 4. The third-order valence-electron chi connectivity index (χ3n) is 12.2. The van der Waals surface area contributed by atoms with E-state index in [0.29, 0.717) is 58.4 Å². The molecule has 11 heteroatoms. The average Bonchev–Trinajstić information content (AvgIpc) is 3.27. The lowest BCUT2D eigenvalue weighted by atomic mass is 9.46. The standard InChI is InChI=1S/C36H47F5N2O4/c1-32(2,3)47-31(45)43-17-15-42(16-18-43)21-22-5-7-23(8-6-22)28-20-33(4)29(13-14-34(33,46)35(37,38)36(39,40)41)27-11-9-24-19-25(44)10-12-26(24)30(27)28/h5-8,19,26-30,46H,9-18,20-21H2,1-4H3/t26-,27-,28+,29-,30+,33-,34-/m0/s1. The van der Waals surface area contributed by atoms with Crippen molar-refractivity contribution in [1.82, 2.24) is 9.80 Å². The van der Waals surface area contributed by atoms with E-state index >= 15 is 8.78 Å². The van der Waals surface area contributed by atoms with Crippen molar-refractivity contribution in [2.24, 2.45) is 29.1 Å². The van der Waals surface area contributed by atoms with E-state index in [4.69, 9.17) is 4.74 Å². The van der Waals surface area contributed by atoms with Crippen LogP contribution in [0.15, 0.2) is 35.9 Å². The molecule has 1 heterocycles. The Morgan fingerprint density at radius 3 is 2.23 bits per heavy atom. The molecular formula is C36H47F5N2O4. The summed E-state index contributed by atoms with van der Waals surface area (Å²) in [4.78, 5) is 28.7. The number of ketones is 1. The molecule has 1 aliphatic heterocycles. The fourth-order valence-electron chi connectivity index (χ4n) is 9.95. The normalized spacial score (nSPS) is 35.1. The van der Waals surface area contributed by atoms with Gasteiger partial charge in [-0.15, -0.1) is 0 Å². The number of carbonyl (C=O) groups excluding carboxylic acids is 2. The second-order valence-electron chi connectivity index (χ2n) is 15.9. The van der Waals surface area contributed by atoms with Crippen LogP contribution in [0.2, 0.25) is 0 Å². The van der Waals surface area contributed by atoms with Crippen LogP contribution in [-0.4, -0.2) is 76.3 Å². The van der Waals surface area contributed by atoms with Gasteiger partial charge in [0.2, 0.25) is 0 Å². The van der Waals surface area contributed by atoms with Gasteiger partial charge in [-0.05, 0) is 106 Å². The maximum Gasteiger partial charge on any atom is 0.456 e. The first kappa shape index (κ1) is 34.3. The maximum absolute atomic E-state index is 15.3. The Hall–Kier alpha value is -2.53. The Morgan fingerprint density at radius 1 is 0.957 bits per heavy atom. The molecule has 1 N–H and O–H groups in total. The lowest BCUT2D eigenvalue weighted by molar-refractivity contribution is -0.364. The smallest absolute Gasteiger partial charge is 0.444 e. The SMILES string of the molecule is CC(C)(C)OC(=O)N1CCN(Cc2ccc([C@H]3C[C@@]4(C)[C@@H](CC[C@@]4(O)C(F)(F)C(F)(F)F)[C@@H]4CCC5=CC(=O)CC[C@@H]5[C@H]43)cc2)CC1. The van der Waals surface area contributed by atoms with Gasteiger partial charge in [-0.3, -0.25) is 9.69 Å². The fraction of sp³-hybridized carbons (Fsp3) is 0.722. The number of carbonyl (C=O) groups is 2. The number of hydrogen-bond donors (Lipinski definition) is 1. The van der Waals surface area contributed by atoms with E-state index in [2.05, 4.69) is 4.90 Å². The van der Waals surface area contributed by atoms with Crippen molar-refractivity contribution < 1.29 is 41.4 Å². The Balaban J connectivity index is 1.25. The molecule has 1 saturated heterocycles. The number of benzene rings is 1. The monoisotopic (exact) mass is 666 g/mol. The largest absolute Gasteiger partial charge is 0.456 e. The molecule has 1 aromatic rings. The summed E-state index contributed by atoms with van der Waals surface area (Å²) in [6, 6.07) is 7.93. The van der Waals surface area contributed by atoms with Gasteiger partial charge in [-0.2, -0.15) is 22.0 Å². The number of ether oxygens (including phenoxy) is 1. The zero-order chi connectivity index (χ0) is 34.2. The third-order valence-corrected chi connectivity index (χ3v) is 12.2. The summed E-state index contributed by atoms with van der Waals surface area (Å²) in [5.41, 5.74) is -2.42. The van der Waals surface area contributed by atoms with Gasteiger partial charge < -0.3 is 14.7 Å². The molecule has 260 valence electrons. The predicted molar refractivity (Wildman–Crippen MR) is 166 cm³/mol. The van der Waals surface area contributed by atoms with E-state index in [1.807, 2.05) is 45.0 Å². The van der Waals surface area contributed by atoms with Crippen LogP contribution in [0.4, 0.5) is 26.7 Å². The number of aliphatic hydroxyl groups is 1. The minimum Gasteiger partial charge on any atom is -0.444 e. The van der Waals surface area contributed by atoms with Crippen molar-refractivity contribution in [3.8, 4) is 0 Å². The lowest BCUT2D eigenvalue weighted by Gasteiger charge is -2.59. The van der Waals surface area contributed by atoms with Gasteiger partial charge in [0.25, 0.3) is 0 Å². The van der Waals surface area contributed by atoms with Crippen LogP contribution in [0.1, 0.15) is 89.7 Å². The van der Waals surface area contributed by atoms with E-state index in [1.165, 1.54) is 6.92 Å². The number of amides is 1. The molecule has 1 aromatic carbocycles. The minimum atomic E-state index is -5.86. The summed E-state index contributed by atoms with van der Waals surface area (Å²) in [5.74, 6) is -6.04. The highest BCUT2D eigenvalue weighted by Crippen LogP contribution is 2.71. The Labute approximate surface area is 273 Å². The summed E-state index contributed by atoms with van der Waals surface area (Å²) in [7, 11) is 0. The summed E-state index contributed by atoms with van der Waals surface area (Å²) < 4.78 is 77.6. The van der Waals surface area contributed by atoms with Crippen molar-refractivity contribution in [3.05, 3.63) is 47.0 Å². The van der Waals surface area contributed by atoms with Crippen LogP contribution >= 0.6 is 0 Å². The molecule has 4 aliphatic carbocycles. The molecular weight excluding hydrogens is 619 g/mol. The van der Waals surface area contributed by atoms with Crippen molar-refractivity contribution in [2.75, 3.05) is 26.2 Å². The average molecular weight is 667 g/mol. The predicted octanol–water partition coefficient (Wildman–Crippen LogP) is 7.50. The molecule has 0 bridgehead atoms. The molecule has 0 unspecified atom stereocenters. The van der Waals surface area contributed by atoms with Crippen LogP contribution in [0.25, 0.3) is 0 Å². The number of allylic oxidation sites excluding steroid dienone is 1. The Bertz CT molecular complexity index is 1400. The lowest BCUT2D eigenvalue weighted by Crippen LogP contribution is -2.66. The van der Waals surface area contributed by atoms with Crippen LogP contribution in [0.5, 0.6) is 0 Å². The number of halogens is 5. The van der Waals surface area contributed by atoms with Crippen molar-refractivity contribution in [3.63, 3.8) is 0 Å². The fourth-order valence-corrected chi connectivity index (χ4v) is 9.95. The Kier molecular flexibility index (Phi) is 8.63. The maximum atomic E-state index is 15.3. The number of nitrogens with zero attached hydrogens (tertiary/aromatic N) is 2. The van der Waals surface area contributed by atoms with Gasteiger partial charge in [-0.25, -0.2) is 4.79 Å². The van der Waals surface area contributed by atoms with Gasteiger partial charge in [0.15, 0.2) is 5.78 Å². The van der Waals surface area contributed by atoms with Gasteiger partial charge >= 0.3 is 18.2 Å². The molecule has 0 spiro atoms. The first-order valence-corrected chi connectivity index (χ1v) is 17.0. The van der Waals surface area contributed by atoms with Gasteiger partial charge in [-0.1, -0.05) is 36.8 Å². The van der Waals surface area contributed by atoms with Gasteiger partial charge in [0.05, 0.1) is 0 Å². The number of hydrogen-bond acceptors (Lipinski definition) is 5. The highest BCUT2D eigenvalue weighted by molar-refractivity contribution is 5.91. The third kappa shape index (κ3) is 5.91. The Morgan fingerprint density at radius 2 is 1.62 bits per heavy atom. The van der Waals surface area contributed by atoms with Gasteiger partial charge in [0.1, 0.15) is 11.2 Å². The highest BCUT2D eigenvalue weighted by atomic mass is 19.4. The second-order valence-corrected chi connectivity index (χ2v) is 15.9. The quantitative estimate of drug-likeness (QED) is 0.337. The van der Waals surface area contributed by atoms with Crippen molar-refractivity contribution >= 4 is 11.9 Å². The zero-order valence-electron chi connectivity index (χ0n) is 27.7. The zero-order valence-corrected chi connectivity index (χ0v) is 27.7. The molecule has 6 nitrogen and oxygen atoms in total. The summed E-state index contributed by atoms with van der Waals surface area (Å²) in [5, 5.41) is 11.5. The summed E-state index contributed by atoms with van der Waals surface area (Å²) >= 11 is 0. The molecule has 47 heavy (non-hydrogen) atoms. The van der Waals surface area contributed by atoms with E-state index in [1.54, 1.807) is 11.0 Å². The van der Waals surface area contributed by atoms with E-state index in [0.717, 1.165) is 16.7 Å². The second kappa shape index (κ2) is 11.8. The topological polar surface area (TPSA) is 70.1 Å². The number of alkyl halides is 5. The molecule has 0 radical (unpaired) electrons. The van der Waals surface area contributed by atoms with E-state index < -0.39 is 41.1 Å². The molecule has 3 saturated carbocycles. The molecule has 1 amide bonds. The van der Waals surface area contributed by atoms with Gasteiger partial charge in [0, 0.05) is 44.6 Å². The summed E-state index contributed by atoms with van der Waals surface area (Å²) in [6.45, 7) is 10.1. The molecule has 4 fully saturated rings. The number of piperazine rings is 1. The van der Waals surface area contributed by atoms with E-state index in [9.17, 15) is 27.9 Å². The molecule has 0 aromatic heterocycles. The minimum absolute atomic E-state index is 0.00480. The molecule has 6 rings (SSSR count).